The summed E-state index contributed by atoms with van der Waals surface area (Å²) in [4.78, 5) is 8.32. The van der Waals surface area contributed by atoms with E-state index in [1.165, 1.54) is 17.7 Å². The van der Waals surface area contributed by atoms with Crippen molar-refractivity contribution in [3.8, 4) is 0 Å². The molecule has 110 valence electrons. The van der Waals surface area contributed by atoms with Crippen molar-refractivity contribution in [1.29, 1.82) is 0 Å². The van der Waals surface area contributed by atoms with Gasteiger partial charge < -0.3 is 15.0 Å². The van der Waals surface area contributed by atoms with Gasteiger partial charge in [-0.1, -0.05) is 13.3 Å². The van der Waals surface area contributed by atoms with Crippen molar-refractivity contribution >= 4 is 16.5 Å². The normalized spacial score (nSPS) is 10.9. The first-order valence-corrected chi connectivity index (χ1v) is 8.01. The Labute approximate surface area is 121 Å². The van der Waals surface area contributed by atoms with Crippen molar-refractivity contribution < 1.29 is 4.74 Å². The van der Waals surface area contributed by atoms with E-state index in [1.807, 2.05) is 0 Å². The van der Waals surface area contributed by atoms with E-state index in [9.17, 15) is 0 Å². The maximum atomic E-state index is 5.25. The highest BCUT2D eigenvalue weighted by Gasteiger charge is 2.14. The van der Waals surface area contributed by atoms with Gasteiger partial charge in [-0.15, -0.1) is 11.3 Å². The van der Waals surface area contributed by atoms with Crippen molar-refractivity contribution in [2.45, 2.75) is 46.8 Å². The van der Waals surface area contributed by atoms with E-state index in [1.54, 1.807) is 18.4 Å². The standard InChI is InChI=1S/C14H27N3OS/c1-5-8-9-15-10-13-12(11-18-4)16-14(19-13)17(6-2)7-3/h15H,5-11H2,1-4H3. The third-order valence-electron chi connectivity index (χ3n) is 3.07. The second-order valence-corrected chi connectivity index (χ2v) is 5.56. The quantitative estimate of drug-likeness (QED) is 0.671. The molecule has 19 heavy (non-hydrogen) atoms. The fraction of sp³-hybridized carbons (Fsp3) is 0.786. The molecule has 1 rings (SSSR count). The lowest BCUT2D eigenvalue weighted by Gasteiger charge is -2.16. The molecule has 0 unspecified atom stereocenters. The SMILES string of the molecule is CCCCNCc1sc(N(CC)CC)nc1COC. The molecule has 5 heteroatoms. The number of nitrogens with one attached hydrogen (secondary N) is 1. The number of unbranched alkanes of at least 4 members (excludes halogenated alkanes) is 1. The van der Waals surface area contributed by atoms with Crippen molar-refractivity contribution in [3.05, 3.63) is 10.6 Å². The third-order valence-corrected chi connectivity index (χ3v) is 4.23. The molecule has 0 atom stereocenters. The number of nitrogens with zero attached hydrogens (tertiary/aromatic N) is 2. The molecule has 0 amide bonds. The molecule has 4 nitrogen and oxygen atoms in total. The zero-order valence-corrected chi connectivity index (χ0v) is 13.5. The molecule has 1 N–H and O–H groups in total. The van der Waals surface area contributed by atoms with Crippen molar-refractivity contribution in [3.63, 3.8) is 0 Å². The molecule has 1 aromatic heterocycles. The average molecular weight is 285 g/mol. The number of methoxy groups -OCH3 is 1. The summed E-state index contributed by atoms with van der Waals surface area (Å²) < 4.78 is 5.25. The lowest BCUT2D eigenvalue weighted by Crippen LogP contribution is -2.21. The molecule has 0 radical (unpaired) electrons. The Balaban J connectivity index is 2.70. The zero-order chi connectivity index (χ0) is 14.1. The van der Waals surface area contributed by atoms with Crippen LogP contribution in [0.2, 0.25) is 0 Å². The Morgan fingerprint density at radius 1 is 1.26 bits per heavy atom. The van der Waals surface area contributed by atoms with Crippen LogP contribution in [0.3, 0.4) is 0 Å². The fourth-order valence-electron chi connectivity index (χ4n) is 1.89. The summed E-state index contributed by atoms with van der Waals surface area (Å²) >= 11 is 1.79. The summed E-state index contributed by atoms with van der Waals surface area (Å²) in [6, 6.07) is 0. The Morgan fingerprint density at radius 2 is 2.00 bits per heavy atom. The van der Waals surface area contributed by atoms with Crippen molar-refractivity contribution in [2.75, 3.05) is 31.6 Å². The van der Waals surface area contributed by atoms with Gasteiger partial charge in [0, 0.05) is 31.6 Å². The van der Waals surface area contributed by atoms with Crippen molar-refractivity contribution in [2.24, 2.45) is 0 Å². The smallest absolute Gasteiger partial charge is 0.185 e. The van der Waals surface area contributed by atoms with Gasteiger partial charge in [0.05, 0.1) is 12.3 Å². The van der Waals surface area contributed by atoms with Gasteiger partial charge in [-0.25, -0.2) is 4.98 Å². The van der Waals surface area contributed by atoms with Crippen molar-refractivity contribution in [1.82, 2.24) is 10.3 Å². The Kier molecular flexibility index (Phi) is 8.02. The largest absolute Gasteiger partial charge is 0.378 e. The van der Waals surface area contributed by atoms with E-state index >= 15 is 0 Å². The number of ether oxygens (including phenoxy) is 1. The van der Waals surface area contributed by atoms with Crippen LogP contribution >= 0.6 is 11.3 Å². The number of hydrogen-bond acceptors (Lipinski definition) is 5. The minimum Gasteiger partial charge on any atom is -0.378 e. The summed E-state index contributed by atoms with van der Waals surface area (Å²) in [5.74, 6) is 0. The number of hydrogen-bond donors (Lipinski definition) is 1. The molecule has 1 aromatic rings. The fourth-order valence-corrected chi connectivity index (χ4v) is 3.05. The molecule has 0 spiro atoms. The van der Waals surface area contributed by atoms with Crippen LogP contribution in [-0.4, -0.2) is 31.7 Å². The van der Waals surface area contributed by atoms with Gasteiger partial charge >= 0.3 is 0 Å². The molecule has 0 aliphatic heterocycles. The highest BCUT2D eigenvalue weighted by molar-refractivity contribution is 7.15. The molecule has 0 aromatic carbocycles. The summed E-state index contributed by atoms with van der Waals surface area (Å²) in [5.41, 5.74) is 1.08. The first-order valence-electron chi connectivity index (χ1n) is 7.19. The highest BCUT2D eigenvalue weighted by atomic mass is 32.1. The first kappa shape index (κ1) is 16.4. The predicted molar refractivity (Wildman–Crippen MR) is 83.0 cm³/mol. The molecular weight excluding hydrogens is 258 g/mol. The van der Waals surface area contributed by atoms with Gasteiger partial charge in [-0.3, -0.25) is 0 Å². The lowest BCUT2D eigenvalue weighted by molar-refractivity contribution is 0.181. The van der Waals surface area contributed by atoms with Crippen LogP contribution in [0.25, 0.3) is 0 Å². The van der Waals surface area contributed by atoms with Gasteiger partial charge in [0.15, 0.2) is 5.13 Å². The number of aromatic nitrogens is 1. The maximum absolute atomic E-state index is 5.25. The molecule has 0 bridgehead atoms. The molecule has 0 fully saturated rings. The van der Waals surface area contributed by atoms with Crippen LogP contribution in [0.15, 0.2) is 0 Å². The van der Waals surface area contributed by atoms with Gasteiger partial charge in [-0.2, -0.15) is 0 Å². The van der Waals surface area contributed by atoms with E-state index in [4.69, 9.17) is 9.72 Å². The summed E-state index contributed by atoms with van der Waals surface area (Å²) in [6.45, 7) is 11.1. The lowest BCUT2D eigenvalue weighted by atomic mass is 10.3. The zero-order valence-electron chi connectivity index (χ0n) is 12.7. The van der Waals surface area contributed by atoms with E-state index in [0.717, 1.165) is 37.0 Å². The summed E-state index contributed by atoms with van der Waals surface area (Å²) in [6.07, 6.45) is 2.45. The molecular formula is C14H27N3OS. The van der Waals surface area contributed by atoms with E-state index in [-0.39, 0.29) is 0 Å². The Bertz CT molecular complexity index is 350. The molecule has 0 aliphatic carbocycles. The highest BCUT2D eigenvalue weighted by Crippen LogP contribution is 2.26. The maximum Gasteiger partial charge on any atom is 0.185 e. The Morgan fingerprint density at radius 3 is 2.58 bits per heavy atom. The molecule has 0 saturated carbocycles. The number of rotatable bonds is 10. The van der Waals surface area contributed by atoms with Crippen LogP contribution in [0, 0.1) is 0 Å². The van der Waals surface area contributed by atoms with Crippen LogP contribution in [0.4, 0.5) is 5.13 Å². The van der Waals surface area contributed by atoms with E-state index < -0.39 is 0 Å². The second-order valence-electron chi connectivity index (χ2n) is 4.50. The van der Waals surface area contributed by atoms with Crippen LogP contribution in [0.5, 0.6) is 0 Å². The van der Waals surface area contributed by atoms with Crippen LogP contribution < -0.4 is 10.2 Å². The van der Waals surface area contributed by atoms with Gasteiger partial charge in [0.25, 0.3) is 0 Å². The third kappa shape index (κ3) is 5.09. The molecule has 0 saturated heterocycles. The van der Waals surface area contributed by atoms with E-state index in [0.29, 0.717) is 6.61 Å². The molecule has 0 aliphatic rings. The predicted octanol–water partition coefficient (Wildman–Crippen LogP) is 3.03. The monoisotopic (exact) mass is 285 g/mol. The topological polar surface area (TPSA) is 37.4 Å². The summed E-state index contributed by atoms with van der Waals surface area (Å²) in [7, 11) is 1.73. The number of thiazole rings is 1. The first-order chi connectivity index (χ1) is 9.26. The average Bonchev–Trinajstić information content (AvgIpc) is 2.80. The van der Waals surface area contributed by atoms with Crippen LogP contribution in [0.1, 0.15) is 44.2 Å². The second kappa shape index (κ2) is 9.28. The minimum absolute atomic E-state index is 0.600. The van der Waals surface area contributed by atoms with Crippen LogP contribution in [-0.2, 0) is 17.9 Å². The van der Waals surface area contributed by atoms with E-state index in [2.05, 4.69) is 31.0 Å². The van der Waals surface area contributed by atoms with Gasteiger partial charge in [-0.05, 0) is 26.8 Å². The number of anilines is 1. The Hall–Kier alpha value is -0.650. The minimum atomic E-state index is 0.600. The molecule has 1 heterocycles. The van der Waals surface area contributed by atoms with Gasteiger partial charge in [0.1, 0.15) is 0 Å². The van der Waals surface area contributed by atoms with Gasteiger partial charge in [0.2, 0.25) is 0 Å². The summed E-state index contributed by atoms with van der Waals surface area (Å²) in [5, 5.41) is 4.60.